The molecule has 0 radical (unpaired) electrons. The molecule has 1 aromatic carbocycles. The summed E-state index contributed by atoms with van der Waals surface area (Å²) in [6.45, 7) is 4.28. The van der Waals surface area contributed by atoms with Gasteiger partial charge in [-0.15, -0.1) is 0 Å². The Labute approximate surface area is 85.8 Å². The molecule has 1 nitrogen and oxygen atoms in total. The van der Waals surface area contributed by atoms with Gasteiger partial charge in [-0.3, -0.25) is 0 Å². The van der Waals surface area contributed by atoms with Gasteiger partial charge in [0.05, 0.1) is 5.60 Å². The first-order valence-corrected chi connectivity index (χ1v) is 5.45. The van der Waals surface area contributed by atoms with Crippen molar-refractivity contribution in [3.05, 3.63) is 35.9 Å². The second-order valence-corrected chi connectivity index (χ2v) is 4.43. The predicted octanol–water partition coefficient (Wildman–Crippen LogP) is 2.95. The summed E-state index contributed by atoms with van der Waals surface area (Å²) >= 11 is 0. The van der Waals surface area contributed by atoms with Crippen LogP contribution in [0.1, 0.15) is 38.2 Å². The normalized spacial score (nSPS) is 32.6. The second-order valence-electron chi connectivity index (χ2n) is 4.43. The monoisotopic (exact) mass is 190 g/mol. The van der Waals surface area contributed by atoms with Gasteiger partial charge in [-0.2, -0.15) is 0 Å². The molecule has 1 aliphatic carbocycles. The second kappa shape index (κ2) is 3.39. The zero-order chi connectivity index (χ0) is 10.2. The Bertz CT molecular complexity index is 306. The van der Waals surface area contributed by atoms with E-state index in [1.165, 1.54) is 5.56 Å². The molecule has 1 aliphatic rings. The molecule has 0 bridgehead atoms. The van der Waals surface area contributed by atoms with Crippen LogP contribution in [-0.4, -0.2) is 10.7 Å². The third-order valence-corrected chi connectivity index (χ3v) is 3.66. The molecule has 76 valence electrons. The van der Waals surface area contributed by atoms with Crippen molar-refractivity contribution in [1.29, 1.82) is 0 Å². The summed E-state index contributed by atoms with van der Waals surface area (Å²) in [6.07, 6.45) is 2.06. The SMILES string of the molecule is CCC1CC1(O)C(C)c1ccccc1. The van der Waals surface area contributed by atoms with E-state index in [4.69, 9.17) is 0 Å². The summed E-state index contributed by atoms with van der Waals surface area (Å²) in [6, 6.07) is 10.3. The molecule has 1 N–H and O–H groups in total. The molecule has 1 saturated carbocycles. The Morgan fingerprint density at radius 3 is 2.57 bits per heavy atom. The minimum Gasteiger partial charge on any atom is -0.389 e. The van der Waals surface area contributed by atoms with E-state index in [1.807, 2.05) is 18.2 Å². The van der Waals surface area contributed by atoms with Crippen LogP contribution in [0.2, 0.25) is 0 Å². The van der Waals surface area contributed by atoms with Gasteiger partial charge in [0.15, 0.2) is 0 Å². The zero-order valence-corrected chi connectivity index (χ0v) is 8.90. The number of hydrogen-bond donors (Lipinski definition) is 1. The molecule has 0 spiro atoms. The molecule has 1 heteroatoms. The molecular formula is C13H18O. The third kappa shape index (κ3) is 1.46. The van der Waals surface area contributed by atoms with Crippen LogP contribution < -0.4 is 0 Å². The van der Waals surface area contributed by atoms with Gasteiger partial charge >= 0.3 is 0 Å². The first-order valence-electron chi connectivity index (χ1n) is 5.45. The lowest BCUT2D eigenvalue weighted by atomic mass is 9.91. The van der Waals surface area contributed by atoms with Crippen molar-refractivity contribution in [1.82, 2.24) is 0 Å². The van der Waals surface area contributed by atoms with Gasteiger partial charge in [0, 0.05) is 5.92 Å². The number of benzene rings is 1. The zero-order valence-electron chi connectivity index (χ0n) is 8.90. The molecule has 0 aromatic heterocycles. The minimum absolute atomic E-state index is 0.272. The van der Waals surface area contributed by atoms with E-state index in [1.54, 1.807) is 0 Å². The van der Waals surface area contributed by atoms with Crippen molar-refractivity contribution in [3.8, 4) is 0 Å². The van der Waals surface area contributed by atoms with Gasteiger partial charge < -0.3 is 5.11 Å². The lowest BCUT2D eigenvalue weighted by molar-refractivity contribution is 0.105. The predicted molar refractivity (Wildman–Crippen MR) is 58.2 cm³/mol. The Morgan fingerprint density at radius 2 is 2.07 bits per heavy atom. The van der Waals surface area contributed by atoms with Crippen LogP contribution >= 0.6 is 0 Å². The van der Waals surface area contributed by atoms with Crippen molar-refractivity contribution in [2.24, 2.45) is 5.92 Å². The van der Waals surface area contributed by atoms with E-state index in [9.17, 15) is 5.11 Å². The van der Waals surface area contributed by atoms with E-state index >= 15 is 0 Å². The quantitative estimate of drug-likeness (QED) is 0.777. The molecule has 0 saturated heterocycles. The molecule has 3 unspecified atom stereocenters. The Morgan fingerprint density at radius 1 is 1.43 bits per heavy atom. The summed E-state index contributed by atoms with van der Waals surface area (Å²) in [7, 11) is 0. The van der Waals surface area contributed by atoms with Crippen molar-refractivity contribution in [2.75, 3.05) is 0 Å². The van der Waals surface area contributed by atoms with Crippen LogP contribution in [0.5, 0.6) is 0 Å². The molecule has 2 rings (SSSR count). The number of hydrogen-bond acceptors (Lipinski definition) is 1. The smallest absolute Gasteiger partial charge is 0.0746 e. The fourth-order valence-corrected chi connectivity index (χ4v) is 2.39. The van der Waals surface area contributed by atoms with Gasteiger partial charge in [-0.1, -0.05) is 50.6 Å². The summed E-state index contributed by atoms with van der Waals surface area (Å²) in [5.74, 6) is 0.784. The molecule has 14 heavy (non-hydrogen) atoms. The van der Waals surface area contributed by atoms with Crippen molar-refractivity contribution in [3.63, 3.8) is 0 Å². The van der Waals surface area contributed by atoms with E-state index in [0.717, 1.165) is 12.8 Å². The summed E-state index contributed by atoms with van der Waals surface area (Å²) < 4.78 is 0. The van der Waals surface area contributed by atoms with Crippen LogP contribution in [0.3, 0.4) is 0 Å². The van der Waals surface area contributed by atoms with Gasteiger partial charge in [0.25, 0.3) is 0 Å². The first kappa shape index (κ1) is 9.72. The van der Waals surface area contributed by atoms with E-state index in [-0.39, 0.29) is 5.92 Å². The lowest BCUT2D eigenvalue weighted by Crippen LogP contribution is -2.20. The molecule has 0 aliphatic heterocycles. The van der Waals surface area contributed by atoms with Crippen LogP contribution in [-0.2, 0) is 0 Å². The maximum atomic E-state index is 10.3. The Balaban J connectivity index is 2.14. The van der Waals surface area contributed by atoms with Gasteiger partial charge in [0.2, 0.25) is 0 Å². The highest BCUT2D eigenvalue weighted by atomic mass is 16.3. The van der Waals surface area contributed by atoms with Crippen LogP contribution in [0.25, 0.3) is 0 Å². The Hall–Kier alpha value is -0.820. The highest BCUT2D eigenvalue weighted by Gasteiger charge is 2.55. The summed E-state index contributed by atoms with van der Waals surface area (Å²) in [5.41, 5.74) is 0.835. The highest BCUT2D eigenvalue weighted by Crippen LogP contribution is 2.54. The van der Waals surface area contributed by atoms with Gasteiger partial charge in [-0.05, 0) is 17.9 Å². The topological polar surface area (TPSA) is 20.2 Å². The van der Waals surface area contributed by atoms with Crippen LogP contribution in [0.15, 0.2) is 30.3 Å². The molecule has 1 fully saturated rings. The largest absolute Gasteiger partial charge is 0.389 e. The van der Waals surface area contributed by atoms with Gasteiger partial charge in [-0.25, -0.2) is 0 Å². The standard InChI is InChI=1S/C13H18O/c1-3-12-9-13(12,14)10(2)11-7-5-4-6-8-11/h4-8,10,12,14H,3,9H2,1-2H3. The van der Waals surface area contributed by atoms with Crippen molar-refractivity contribution < 1.29 is 5.11 Å². The lowest BCUT2D eigenvalue weighted by Gasteiger charge is -2.19. The first-order chi connectivity index (χ1) is 6.68. The minimum atomic E-state index is -0.421. The molecule has 3 atom stereocenters. The number of aliphatic hydroxyl groups is 1. The molecule has 1 aromatic rings. The third-order valence-electron chi connectivity index (χ3n) is 3.66. The van der Waals surface area contributed by atoms with Gasteiger partial charge in [0.1, 0.15) is 0 Å². The molecule has 0 heterocycles. The maximum absolute atomic E-state index is 10.3. The number of rotatable bonds is 3. The fraction of sp³-hybridized carbons (Fsp3) is 0.538. The molecular weight excluding hydrogens is 172 g/mol. The average Bonchev–Trinajstić information content (AvgIpc) is 2.91. The van der Waals surface area contributed by atoms with Crippen LogP contribution in [0, 0.1) is 5.92 Å². The van der Waals surface area contributed by atoms with E-state index in [2.05, 4.69) is 26.0 Å². The highest BCUT2D eigenvalue weighted by molar-refractivity contribution is 5.26. The maximum Gasteiger partial charge on any atom is 0.0746 e. The van der Waals surface area contributed by atoms with Crippen molar-refractivity contribution >= 4 is 0 Å². The van der Waals surface area contributed by atoms with Crippen LogP contribution in [0.4, 0.5) is 0 Å². The average molecular weight is 190 g/mol. The Kier molecular flexibility index (Phi) is 2.36. The van der Waals surface area contributed by atoms with E-state index < -0.39 is 5.60 Å². The summed E-state index contributed by atoms with van der Waals surface area (Å²) in [5, 5.41) is 10.3. The summed E-state index contributed by atoms with van der Waals surface area (Å²) in [4.78, 5) is 0. The van der Waals surface area contributed by atoms with Crippen molar-refractivity contribution in [2.45, 2.75) is 38.2 Å². The van der Waals surface area contributed by atoms with E-state index in [0.29, 0.717) is 5.92 Å². The fourth-order valence-electron chi connectivity index (χ4n) is 2.39. The molecule has 0 amide bonds.